The molecule has 0 heterocycles. The number of benzene rings is 1. The van der Waals surface area contributed by atoms with Crippen molar-refractivity contribution in [2.45, 2.75) is 54.7 Å². The largest absolute Gasteiger partial charge is 0.480 e. The average Bonchev–Trinajstić information content (AvgIpc) is 3.24. The van der Waals surface area contributed by atoms with Gasteiger partial charge in [-0.05, 0) is 49.9 Å². The molecular weight excluding hydrogens is 330 g/mol. The van der Waals surface area contributed by atoms with Crippen molar-refractivity contribution in [2.75, 3.05) is 6.54 Å². The summed E-state index contributed by atoms with van der Waals surface area (Å²) in [4.78, 5) is 25.0. The fourth-order valence-electron chi connectivity index (χ4n) is 3.24. The number of aliphatic carboxylic acids is 1. The number of hydrogen-bond acceptors (Lipinski definition) is 4. The zero-order chi connectivity index (χ0) is 17.3. The Hall–Kier alpha value is -1.89. The Balaban J connectivity index is 1.78. The van der Waals surface area contributed by atoms with Crippen molar-refractivity contribution in [2.24, 2.45) is 0 Å². The smallest absolute Gasteiger partial charge is 0.323 e. The Morgan fingerprint density at radius 1 is 1.04 bits per heavy atom. The maximum Gasteiger partial charge on any atom is 0.323 e. The Kier molecular flexibility index (Phi) is 4.62. The molecule has 0 bridgehead atoms. The van der Waals surface area contributed by atoms with Crippen molar-refractivity contribution in [1.29, 1.82) is 0 Å². The molecule has 1 aromatic carbocycles. The van der Waals surface area contributed by atoms with Gasteiger partial charge >= 0.3 is 5.97 Å². The van der Waals surface area contributed by atoms with Crippen LogP contribution in [0, 0.1) is 0 Å². The number of nitrogens with zero attached hydrogens (tertiary/aromatic N) is 1. The van der Waals surface area contributed by atoms with Gasteiger partial charge in [0.05, 0.1) is 10.1 Å². The highest BCUT2D eigenvalue weighted by atomic mass is 32.2. The molecule has 0 saturated heterocycles. The molecule has 0 atom stereocenters. The second-order valence-electron chi connectivity index (χ2n) is 6.53. The molecule has 2 aliphatic rings. The minimum atomic E-state index is -3.34. The van der Waals surface area contributed by atoms with Gasteiger partial charge in [-0.3, -0.25) is 9.59 Å². The van der Waals surface area contributed by atoms with Gasteiger partial charge in [-0.2, -0.15) is 0 Å². The molecule has 0 unspecified atom stereocenters. The van der Waals surface area contributed by atoms with Crippen LogP contribution in [0.25, 0.3) is 0 Å². The Labute approximate surface area is 141 Å². The normalized spacial score (nSPS) is 18.5. The first-order valence-corrected chi connectivity index (χ1v) is 9.81. The molecule has 7 heteroatoms. The predicted octanol–water partition coefficient (Wildman–Crippen LogP) is 2.09. The van der Waals surface area contributed by atoms with Crippen molar-refractivity contribution in [3.8, 4) is 0 Å². The van der Waals surface area contributed by atoms with Crippen LogP contribution in [0.2, 0.25) is 0 Å². The Morgan fingerprint density at radius 3 is 2.12 bits per heavy atom. The quantitative estimate of drug-likeness (QED) is 0.847. The third-order valence-corrected chi connectivity index (χ3v) is 7.00. The average molecular weight is 351 g/mol. The number of carbonyl (C=O) groups is 2. The van der Waals surface area contributed by atoms with E-state index in [9.17, 15) is 18.0 Å². The maximum absolute atomic E-state index is 12.5. The van der Waals surface area contributed by atoms with Crippen molar-refractivity contribution >= 4 is 21.7 Å². The highest BCUT2D eigenvalue weighted by Crippen LogP contribution is 2.31. The second kappa shape index (κ2) is 6.55. The number of carboxylic acids is 1. The van der Waals surface area contributed by atoms with Crippen LogP contribution in [0.3, 0.4) is 0 Å². The zero-order valence-electron chi connectivity index (χ0n) is 13.3. The third kappa shape index (κ3) is 3.45. The topological polar surface area (TPSA) is 91.8 Å². The van der Waals surface area contributed by atoms with E-state index in [4.69, 9.17) is 5.11 Å². The minimum Gasteiger partial charge on any atom is -0.480 e. The van der Waals surface area contributed by atoms with E-state index in [-0.39, 0.29) is 28.6 Å². The first-order valence-electron chi connectivity index (χ1n) is 8.26. The summed E-state index contributed by atoms with van der Waals surface area (Å²) in [5.41, 5.74) is 0.327. The molecular formula is C17H21NO5S. The van der Waals surface area contributed by atoms with Gasteiger partial charge in [-0.25, -0.2) is 8.42 Å². The maximum atomic E-state index is 12.5. The van der Waals surface area contributed by atoms with Crippen LogP contribution in [0.1, 0.15) is 48.9 Å². The molecule has 0 spiro atoms. The number of rotatable bonds is 6. The van der Waals surface area contributed by atoms with E-state index in [1.165, 1.54) is 29.2 Å². The van der Waals surface area contributed by atoms with Crippen LogP contribution in [0.5, 0.6) is 0 Å². The summed E-state index contributed by atoms with van der Waals surface area (Å²) in [6, 6.07) is 5.89. The molecule has 0 radical (unpaired) electrons. The van der Waals surface area contributed by atoms with Gasteiger partial charge in [0.25, 0.3) is 5.91 Å². The van der Waals surface area contributed by atoms with Crippen LogP contribution in [0.15, 0.2) is 29.2 Å². The SMILES string of the molecule is O=C(O)CN(C(=O)c1ccc(S(=O)(=O)C2CCCC2)cc1)C1CC1. The van der Waals surface area contributed by atoms with Gasteiger partial charge in [-0.1, -0.05) is 12.8 Å². The molecule has 2 saturated carbocycles. The standard InChI is InChI=1S/C17H21NO5S/c19-16(20)11-18(13-7-8-13)17(21)12-5-9-15(10-6-12)24(22,23)14-3-1-2-4-14/h5-6,9-10,13-14H,1-4,7-8,11H2,(H,19,20). The summed E-state index contributed by atoms with van der Waals surface area (Å²) in [5, 5.41) is 8.63. The van der Waals surface area contributed by atoms with Crippen LogP contribution in [-0.2, 0) is 14.6 Å². The van der Waals surface area contributed by atoms with E-state index in [1.54, 1.807) is 0 Å². The fraction of sp³-hybridized carbons (Fsp3) is 0.529. The van der Waals surface area contributed by atoms with Crippen LogP contribution < -0.4 is 0 Å². The molecule has 1 N–H and O–H groups in total. The summed E-state index contributed by atoms with van der Waals surface area (Å²) < 4.78 is 25.1. The number of carboxylic acid groups (broad SMARTS) is 1. The zero-order valence-corrected chi connectivity index (χ0v) is 14.2. The Bertz CT molecular complexity index is 731. The van der Waals surface area contributed by atoms with Gasteiger partial charge in [0.15, 0.2) is 9.84 Å². The van der Waals surface area contributed by atoms with Crippen LogP contribution in [-0.4, -0.2) is 48.1 Å². The van der Waals surface area contributed by atoms with E-state index in [1.807, 2.05) is 0 Å². The number of hydrogen-bond donors (Lipinski definition) is 1. The summed E-state index contributed by atoms with van der Waals surface area (Å²) in [5.74, 6) is -1.40. The molecule has 2 aliphatic carbocycles. The van der Waals surface area contributed by atoms with Gasteiger partial charge in [-0.15, -0.1) is 0 Å². The molecule has 3 rings (SSSR count). The highest BCUT2D eigenvalue weighted by molar-refractivity contribution is 7.92. The lowest BCUT2D eigenvalue weighted by Crippen LogP contribution is -2.37. The van der Waals surface area contributed by atoms with Crippen molar-refractivity contribution in [3.05, 3.63) is 29.8 Å². The monoisotopic (exact) mass is 351 g/mol. The summed E-state index contributed by atoms with van der Waals surface area (Å²) in [7, 11) is -3.34. The lowest BCUT2D eigenvalue weighted by atomic mass is 10.2. The lowest BCUT2D eigenvalue weighted by molar-refractivity contribution is -0.137. The predicted molar refractivity (Wildman–Crippen MR) is 87.6 cm³/mol. The first-order chi connectivity index (χ1) is 11.4. The molecule has 1 aromatic rings. The summed E-state index contributed by atoms with van der Waals surface area (Å²) >= 11 is 0. The molecule has 24 heavy (non-hydrogen) atoms. The van der Waals surface area contributed by atoms with Crippen molar-refractivity contribution < 1.29 is 23.1 Å². The van der Waals surface area contributed by atoms with E-state index < -0.39 is 15.8 Å². The second-order valence-corrected chi connectivity index (χ2v) is 8.76. The summed E-state index contributed by atoms with van der Waals surface area (Å²) in [6.07, 6.45) is 4.88. The first kappa shape index (κ1) is 17.0. The molecule has 130 valence electrons. The van der Waals surface area contributed by atoms with Crippen molar-refractivity contribution in [3.63, 3.8) is 0 Å². The van der Waals surface area contributed by atoms with Gasteiger partial charge in [0.2, 0.25) is 0 Å². The highest BCUT2D eigenvalue weighted by Gasteiger charge is 2.35. The van der Waals surface area contributed by atoms with Gasteiger partial charge in [0.1, 0.15) is 6.54 Å². The molecule has 0 aliphatic heterocycles. The molecule has 6 nitrogen and oxygen atoms in total. The van der Waals surface area contributed by atoms with Gasteiger partial charge in [0, 0.05) is 11.6 Å². The molecule has 0 aromatic heterocycles. The lowest BCUT2D eigenvalue weighted by Gasteiger charge is -2.20. The van der Waals surface area contributed by atoms with Crippen LogP contribution >= 0.6 is 0 Å². The van der Waals surface area contributed by atoms with E-state index in [0.717, 1.165) is 25.7 Å². The van der Waals surface area contributed by atoms with Crippen LogP contribution in [0.4, 0.5) is 0 Å². The number of carbonyl (C=O) groups excluding carboxylic acids is 1. The molecule has 1 amide bonds. The van der Waals surface area contributed by atoms with E-state index in [0.29, 0.717) is 18.4 Å². The number of sulfone groups is 1. The summed E-state index contributed by atoms with van der Waals surface area (Å²) in [6.45, 7) is -0.328. The third-order valence-electron chi connectivity index (χ3n) is 4.72. The minimum absolute atomic E-state index is 0.0181. The van der Waals surface area contributed by atoms with Gasteiger partial charge < -0.3 is 10.0 Å². The Morgan fingerprint density at radius 2 is 1.62 bits per heavy atom. The van der Waals surface area contributed by atoms with Crippen molar-refractivity contribution in [1.82, 2.24) is 4.90 Å². The van der Waals surface area contributed by atoms with E-state index in [2.05, 4.69) is 0 Å². The van der Waals surface area contributed by atoms with E-state index >= 15 is 0 Å². The molecule has 2 fully saturated rings. The number of amides is 1. The fourth-order valence-corrected chi connectivity index (χ4v) is 5.10.